The van der Waals surface area contributed by atoms with E-state index in [0.29, 0.717) is 6.61 Å². The summed E-state index contributed by atoms with van der Waals surface area (Å²) >= 11 is 0. The smallest absolute Gasteiger partial charge is 0.502 e. The Morgan fingerprint density at radius 2 is 1.21 bits per heavy atom. The molecule has 4 nitrogen and oxygen atoms in total. The van der Waals surface area contributed by atoms with E-state index in [2.05, 4.69) is 16.5 Å². The maximum Gasteiger partial charge on any atom is 0.502 e. The van der Waals surface area contributed by atoms with E-state index >= 15 is 0 Å². The summed E-state index contributed by atoms with van der Waals surface area (Å²) in [6, 6.07) is 0. The van der Waals surface area contributed by atoms with Crippen LogP contribution in [0.15, 0.2) is 0 Å². The van der Waals surface area contributed by atoms with E-state index in [1.54, 1.807) is 0 Å². The zero-order valence-corrected chi connectivity index (χ0v) is 12.3. The van der Waals surface area contributed by atoms with Gasteiger partial charge in [-0.3, -0.25) is 0 Å². The van der Waals surface area contributed by atoms with Gasteiger partial charge in [0.1, 0.15) is 0 Å². The molecule has 0 N–H and O–H groups in total. The minimum Gasteiger partial charge on any atom is -0.659 e. The Labute approximate surface area is 117 Å². The SMILES string of the molecule is CCCCCCCCCCCCCCOC(=O)O[O-]. The summed E-state index contributed by atoms with van der Waals surface area (Å²) in [6.07, 6.45) is 14.0. The van der Waals surface area contributed by atoms with Crippen LogP contribution in [0.2, 0.25) is 0 Å². The lowest BCUT2D eigenvalue weighted by molar-refractivity contribution is -0.658. The number of ether oxygens (including phenoxy) is 1. The summed E-state index contributed by atoms with van der Waals surface area (Å²) in [5.74, 6) is 0. The molecular weight excluding hydrogens is 244 g/mol. The fraction of sp³-hybridized carbons (Fsp3) is 0.933. The van der Waals surface area contributed by atoms with Crippen molar-refractivity contribution in [1.82, 2.24) is 0 Å². The second kappa shape index (κ2) is 15.3. The molecule has 0 saturated carbocycles. The third-order valence-electron chi connectivity index (χ3n) is 3.29. The second-order valence-corrected chi connectivity index (χ2v) is 5.07. The standard InChI is InChI=1S/C15H30O4/c1-2-3-4-5-6-7-8-9-10-11-12-13-14-18-15(16)19-17/h17H,2-14H2,1H3/p-1. The van der Waals surface area contributed by atoms with Gasteiger partial charge in [0.15, 0.2) is 0 Å². The third-order valence-corrected chi connectivity index (χ3v) is 3.29. The molecule has 0 fully saturated rings. The van der Waals surface area contributed by atoms with E-state index in [1.807, 2.05) is 0 Å². The largest absolute Gasteiger partial charge is 0.659 e. The van der Waals surface area contributed by atoms with Gasteiger partial charge in [-0.25, -0.2) is 4.79 Å². The number of carbonyl (C=O) groups is 1. The lowest BCUT2D eigenvalue weighted by Crippen LogP contribution is -2.15. The van der Waals surface area contributed by atoms with E-state index in [9.17, 15) is 10.1 Å². The number of carbonyl (C=O) groups excluding carboxylic acids is 1. The molecule has 0 heterocycles. The van der Waals surface area contributed by atoms with Crippen LogP contribution >= 0.6 is 0 Å². The normalized spacial score (nSPS) is 10.4. The molecule has 0 amide bonds. The van der Waals surface area contributed by atoms with Crippen LogP contribution in [0.5, 0.6) is 0 Å². The van der Waals surface area contributed by atoms with Crippen LogP contribution in [-0.4, -0.2) is 12.8 Å². The maximum atomic E-state index is 10.4. The number of rotatable bonds is 13. The van der Waals surface area contributed by atoms with Gasteiger partial charge in [-0.1, -0.05) is 77.6 Å². The summed E-state index contributed by atoms with van der Waals surface area (Å²) in [4.78, 5) is 13.5. The Morgan fingerprint density at radius 1 is 0.789 bits per heavy atom. The molecule has 0 aromatic heterocycles. The van der Waals surface area contributed by atoms with Gasteiger partial charge in [0.05, 0.1) is 6.61 Å². The van der Waals surface area contributed by atoms with E-state index < -0.39 is 6.16 Å². The zero-order valence-electron chi connectivity index (χ0n) is 12.3. The van der Waals surface area contributed by atoms with Crippen LogP contribution in [0.3, 0.4) is 0 Å². The number of hydrogen-bond donors (Lipinski definition) is 0. The van der Waals surface area contributed by atoms with Gasteiger partial charge < -0.3 is 14.9 Å². The summed E-state index contributed by atoms with van der Waals surface area (Å²) < 4.78 is 4.51. The molecule has 0 aliphatic carbocycles. The quantitative estimate of drug-likeness (QED) is 0.219. The first-order valence-electron chi connectivity index (χ1n) is 7.77. The van der Waals surface area contributed by atoms with Crippen LogP contribution in [-0.2, 0) is 9.62 Å². The fourth-order valence-electron chi connectivity index (χ4n) is 2.12. The van der Waals surface area contributed by atoms with Gasteiger partial charge in [0, 0.05) is 0 Å². The Hall–Kier alpha value is -0.770. The summed E-state index contributed by atoms with van der Waals surface area (Å²) in [7, 11) is 0. The van der Waals surface area contributed by atoms with E-state index in [-0.39, 0.29) is 0 Å². The first kappa shape index (κ1) is 18.2. The van der Waals surface area contributed by atoms with Crippen LogP contribution in [0.4, 0.5) is 4.79 Å². The van der Waals surface area contributed by atoms with Crippen molar-refractivity contribution < 1.29 is 19.7 Å². The van der Waals surface area contributed by atoms with E-state index in [4.69, 9.17) is 0 Å². The first-order chi connectivity index (χ1) is 9.31. The lowest BCUT2D eigenvalue weighted by atomic mass is 10.1. The minimum atomic E-state index is -1.12. The predicted octanol–water partition coefficient (Wildman–Crippen LogP) is 4.12. The molecule has 114 valence electrons. The summed E-state index contributed by atoms with van der Waals surface area (Å²) in [6.45, 7) is 2.53. The molecule has 0 aliphatic rings. The predicted molar refractivity (Wildman–Crippen MR) is 73.5 cm³/mol. The van der Waals surface area contributed by atoms with Gasteiger partial charge in [-0.05, 0) is 6.42 Å². The molecule has 0 saturated heterocycles. The van der Waals surface area contributed by atoms with Crippen molar-refractivity contribution in [1.29, 1.82) is 0 Å². The van der Waals surface area contributed by atoms with Crippen molar-refractivity contribution in [3.8, 4) is 0 Å². The van der Waals surface area contributed by atoms with Gasteiger partial charge in [-0.15, -0.1) is 0 Å². The van der Waals surface area contributed by atoms with Crippen molar-refractivity contribution in [3.63, 3.8) is 0 Å². The Balaban J connectivity index is 2.97. The fourth-order valence-corrected chi connectivity index (χ4v) is 2.12. The van der Waals surface area contributed by atoms with E-state index in [1.165, 1.54) is 64.2 Å². The number of hydrogen-bond acceptors (Lipinski definition) is 4. The monoisotopic (exact) mass is 273 g/mol. The van der Waals surface area contributed by atoms with E-state index in [0.717, 1.165) is 12.8 Å². The van der Waals surface area contributed by atoms with Crippen molar-refractivity contribution in [3.05, 3.63) is 0 Å². The molecule has 0 aromatic carbocycles. The maximum absolute atomic E-state index is 10.4. The van der Waals surface area contributed by atoms with Crippen molar-refractivity contribution in [2.24, 2.45) is 0 Å². The molecule has 0 aromatic rings. The topological polar surface area (TPSA) is 58.6 Å². The third kappa shape index (κ3) is 15.2. The minimum absolute atomic E-state index is 0.290. The molecule has 0 aliphatic heterocycles. The molecule has 19 heavy (non-hydrogen) atoms. The van der Waals surface area contributed by atoms with Crippen LogP contribution in [0, 0.1) is 0 Å². The van der Waals surface area contributed by atoms with Gasteiger partial charge in [0.2, 0.25) is 0 Å². The van der Waals surface area contributed by atoms with Gasteiger partial charge in [0.25, 0.3) is 0 Å². The average Bonchev–Trinajstić information content (AvgIpc) is 2.43. The molecular formula is C15H29O4-. The molecule has 4 heteroatoms. The Bertz CT molecular complexity index is 195. The first-order valence-corrected chi connectivity index (χ1v) is 7.77. The van der Waals surface area contributed by atoms with Gasteiger partial charge in [-0.2, -0.15) is 0 Å². The lowest BCUT2D eigenvalue weighted by Gasteiger charge is -2.07. The molecule has 0 unspecified atom stereocenters. The van der Waals surface area contributed by atoms with Crippen molar-refractivity contribution in [2.45, 2.75) is 84.0 Å². The Morgan fingerprint density at radius 3 is 1.63 bits per heavy atom. The highest BCUT2D eigenvalue weighted by Crippen LogP contribution is 2.11. The highest BCUT2D eigenvalue weighted by atomic mass is 17.1. The van der Waals surface area contributed by atoms with Crippen molar-refractivity contribution in [2.75, 3.05) is 6.61 Å². The molecule has 0 atom stereocenters. The van der Waals surface area contributed by atoms with Crippen LogP contribution < -0.4 is 5.26 Å². The van der Waals surface area contributed by atoms with Crippen LogP contribution in [0.1, 0.15) is 84.0 Å². The Kier molecular flexibility index (Phi) is 14.7. The number of unbranched alkanes of at least 4 members (excludes halogenated alkanes) is 11. The summed E-state index contributed by atoms with van der Waals surface area (Å²) in [5.41, 5.74) is 0. The average molecular weight is 273 g/mol. The highest BCUT2D eigenvalue weighted by Gasteiger charge is 1.97. The molecule has 0 rings (SSSR count). The molecule has 0 bridgehead atoms. The zero-order chi connectivity index (χ0) is 14.2. The van der Waals surface area contributed by atoms with Gasteiger partial charge >= 0.3 is 6.16 Å². The summed E-state index contributed by atoms with van der Waals surface area (Å²) in [5, 5.41) is 9.60. The second-order valence-electron chi connectivity index (χ2n) is 5.07. The van der Waals surface area contributed by atoms with Crippen molar-refractivity contribution >= 4 is 6.16 Å². The highest BCUT2D eigenvalue weighted by molar-refractivity contribution is 5.58. The van der Waals surface area contributed by atoms with Crippen LogP contribution in [0.25, 0.3) is 0 Å². The molecule has 0 spiro atoms. The molecule has 0 radical (unpaired) electrons.